The first-order valence-corrected chi connectivity index (χ1v) is 10.7. The number of rotatable bonds is 4. The molecule has 0 bridgehead atoms. The number of aryl methyl sites for hydroxylation is 2. The molecule has 1 amide bonds. The topological polar surface area (TPSA) is 57.5 Å². The van der Waals surface area contributed by atoms with E-state index in [0.29, 0.717) is 6.54 Å². The number of para-hydroxylation sites is 1. The third-order valence-electron chi connectivity index (χ3n) is 6.34. The molecular weight excluding hydrogens is 376 g/mol. The molecule has 2 aromatic heterocycles. The van der Waals surface area contributed by atoms with Gasteiger partial charge in [-0.05, 0) is 36.6 Å². The van der Waals surface area contributed by atoms with Crippen molar-refractivity contribution in [2.45, 2.75) is 19.9 Å². The van der Waals surface area contributed by atoms with Crippen LogP contribution < -0.4 is 4.90 Å². The van der Waals surface area contributed by atoms with E-state index in [4.69, 9.17) is 0 Å². The van der Waals surface area contributed by atoms with Crippen molar-refractivity contribution >= 4 is 22.6 Å². The Bertz CT molecular complexity index is 1080. The van der Waals surface area contributed by atoms with E-state index < -0.39 is 0 Å². The second-order valence-corrected chi connectivity index (χ2v) is 8.40. The summed E-state index contributed by atoms with van der Waals surface area (Å²) in [5, 5.41) is 5.59. The highest BCUT2D eigenvalue weighted by molar-refractivity contribution is 5.96. The number of piperazine rings is 1. The quantitative estimate of drug-likeness (QED) is 0.666. The van der Waals surface area contributed by atoms with Gasteiger partial charge in [0.2, 0.25) is 5.91 Å². The molecule has 30 heavy (non-hydrogen) atoms. The molecule has 2 aliphatic rings. The lowest BCUT2D eigenvalue weighted by atomic mass is 10.2. The number of anilines is 1. The highest BCUT2D eigenvalue weighted by Gasteiger charge is 2.27. The largest absolute Gasteiger partial charge is 0.311 e. The maximum Gasteiger partial charge on any atom is 0.241 e. The van der Waals surface area contributed by atoms with Crippen LogP contribution in [0.5, 0.6) is 0 Å². The summed E-state index contributed by atoms with van der Waals surface area (Å²) >= 11 is 0. The molecule has 0 saturated carbocycles. The molecule has 5 rings (SSSR count). The van der Waals surface area contributed by atoms with Crippen LogP contribution in [0.3, 0.4) is 0 Å². The summed E-state index contributed by atoms with van der Waals surface area (Å²) in [6.45, 7) is 8.00. The predicted molar refractivity (Wildman–Crippen MR) is 117 cm³/mol. The molecular formula is C23H28N6O. The van der Waals surface area contributed by atoms with Gasteiger partial charge in [0.1, 0.15) is 0 Å². The van der Waals surface area contributed by atoms with Crippen LogP contribution in [0, 0.1) is 6.92 Å². The normalized spacial score (nSPS) is 17.6. The van der Waals surface area contributed by atoms with Crippen LogP contribution >= 0.6 is 0 Å². The number of hydrogen-bond acceptors (Lipinski definition) is 5. The number of hydrogen-bond donors (Lipinski definition) is 0. The van der Waals surface area contributed by atoms with Crippen molar-refractivity contribution in [3.05, 3.63) is 53.3 Å². The molecule has 0 radical (unpaired) electrons. The highest BCUT2D eigenvalue weighted by atomic mass is 16.2. The van der Waals surface area contributed by atoms with Gasteiger partial charge in [-0.2, -0.15) is 5.10 Å². The Morgan fingerprint density at radius 3 is 2.67 bits per heavy atom. The van der Waals surface area contributed by atoms with Crippen LogP contribution in [0.2, 0.25) is 0 Å². The van der Waals surface area contributed by atoms with Gasteiger partial charge < -0.3 is 4.90 Å². The number of carbonyl (C=O) groups excluding carboxylic acids is 1. The first kappa shape index (κ1) is 19.2. The lowest BCUT2D eigenvalue weighted by molar-refractivity contribution is -0.120. The zero-order valence-corrected chi connectivity index (χ0v) is 17.7. The average Bonchev–Trinajstić information content (AvgIpc) is 3.30. The molecule has 1 fully saturated rings. The van der Waals surface area contributed by atoms with Gasteiger partial charge in [-0.25, -0.2) is 4.98 Å². The summed E-state index contributed by atoms with van der Waals surface area (Å²) < 4.78 is 1.84. The summed E-state index contributed by atoms with van der Waals surface area (Å²) in [6, 6.07) is 10.5. The van der Waals surface area contributed by atoms with Crippen LogP contribution in [0.25, 0.3) is 11.0 Å². The fraction of sp³-hybridized carbons (Fsp3) is 0.435. The van der Waals surface area contributed by atoms with E-state index in [1.54, 1.807) is 0 Å². The summed E-state index contributed by atoms with van der Waals surface area (Å²) in [4.78, 5) is 24.1. The summed E-state index contributed by atoms with van der Waals surface area (Å²) in [7, 11) is 1.93. The minimum absolute atomic E-state index is 0.218. The lowest BCUT2D eigenvalue weighted by Gasteiger charge is -2.35. The van der Waals surface area contributed by atoms with Gasteiger partial charge in [-0.15, -0.1) is 0 Å². The minimum atomic E-state index is 0.218. The standard InChI is InChI=1S/C23H28N6O/c1-17-20-13-18(14-24-23(20)26(2)25-17)15-27-9-11-28(12-10-27)16-22(30)29-8-7-19-5-3-4-6-21(19)29/h3-6,13-14H,7-12,15-16H2,1-2H3. The van der Waals surface area contributed by atoms with E-state index in [9.17, 15) is 4.79 Å². The number of pyridine rings is 1. The molecule has 0 spiro atoms. The van der Waals surface area contributed by atoms with E-state index in [-0.39, 0.29) is 5.91 Å². The molecule has 156 valence electrons. The molecule has 3 aromatic rings. The van der Waals surface area contributed by atoms with E-state index in [0.717, 1.165) is 68.1 Å². The molecule has 0 atom stereocenters. The second kappa shape index (κ2) is 7.81. The van der Waals surface area contributed by atoms with Crippen molar-refractivity contribution < 1.29 is 4.79 Å². The maximum atomic E-state index is 12.9. The molecule has 4 heterocycles. The van der Waals surface area contributed by atoms with Gasteiger partial charge in [0, 0.05) is 63.6 Å². The van der Waals surface area contributed by atoms with E-state index in [1.807, 2.05) is 35.8 Å². The minimum Gasteiger partial charge on any atom is -0.311 e. The molecule has 2 aliphatic heterocycles. The first-order valence-electron chi connectivity index (χ1n) is 10.7. The molecule has 7 heteroatoms. The zero-order valence-electron chi connectivity index (χ0n) is 17.7. The molecule has 0 aliphatic carbocycles. The highest BCUT2D eigenvalue weighted by Crippen LogP contribution is 2.27. The fourth-order valence-electron chi connectivity index (χ4n) is 4.68. The van der Waals surface area contributed by atoms with Gasteiger partial charge in [0.05, 0.1) is 12.2 Å². The van der Waals surface area contributed by atoms with Crippen molar-refractivity contribution in [2.24, 2.45) is 7.05 Å². The van der Waals surface area contributed by atoms with Crippen LogP contribution in [0.15, 0.2) is 36.5 Å². The Morgan fingerprint density at radius 2 is 1.83 bits per heavy atom. The Balaban J connectivity index is 1.16. The maximum absolute atomic E-state index is 12.9. The number of fused-ring (bicyclic) bond motifs is 2. The van der Waals surface area contributed by atoms with E-state index in [2.05, 4.69) is 44.1 Å². The predicted octanol–water partition coefficient (Wildman–Crippen LogP) is 1.98. The van der Waals surface area contributed by atoms with Crippen LogP contribution in [0.4, 0.5) is 5.69 Å². The summed E-state index contributed by atoms with van der Waals surface area (Å²) in [6.07, 6.45) is 2.93. The Hall–Kier alpha value is -2.77. The van der Waals surface area contributed by atoms with Gasteiger partial charge in [-0.1, -0.05) is 18.2 Å². The summed E-state index contributed by atoms with van der Waals surface area (Å²) in [5.41, 5.74) is 5.55. The zero-order chi connectivity index (χ0) is 20.7. The number of benzene rings is 1. The number of aromatic nitrogens is 3. The summed E-state index contributed by atoms with van der Waals surface area (Å²) in [5.74, 6) is 0.218. The van der Waals surface area contributed by atoms with Crippen LogP contribution in [0.1, 0.15) is 16.8 Å². The third kappa shape index (κ3) is 3.59. The van der Waals surface area contributed by atoms with Gasteiger partial charge in [-0.3, -0.25) is 19.3 Å². The van der Waals surface area contributed by atoms with Gasteiger partial charge >= 0.3 is 0 Å². The Morgan fingerprint density at radius 1 is 1.07 bits per heavy atom. The van der Waals surface area contributed by atoms with Crippen LogP contribution in [-0.2, 0) is 24.8 Å². The first-order chi connectivity index (χ1) is 14.6. The second-order valence-electron chi connectivity index (χ2n) is 8.40. The average molecular weight is 405 g/mol. The van der Waals surface area contributed by atoms with E-state index >= 15 is 0 Å². The molecule has 1 aromatic carbocycles. The van der Waals surface area contributed by atoms with Crippen LogP contribution in [-0.4, -0.2) is 69.7 Å². The van der Waals surface area contributed by atoms with E-state index in [1.165, 1.54) is 11.1 Å². The van der Waals surface area contributed by atoms with Crippen molar-refractivity contribution in [1.29, 1.82) is 0 Å². The number of amides is 1. The molecule has 0 N–H and O–H groups in total. The molecule has 0 unspecified atom stereocenters. The van der Waals surface area contributed by atoms with Crippen molar-refractivity contribution in [2.75, 3.05) is 44.2 Å². The molecule has 1 saturated heterocycles. The fourth-order valence-corrected chi connectivity index (χ4v) is 4.68. The van der Waals surface area contributed by atoms with Crippen molar-refractivity contribution in [3.8, 4) is 0 Å². The van der Waals surface area contributed by atoms with Crippen molar-refractivity contribution in [3.63, 3.8) is 0 Å². The van der Waals surface area contributed by atoms with Gasteiger partial charge in [0.25, 0.3) is 0 Å². The Kier molecular flexibility index (Phi) is 5.00. The lowest BCUT2D eigenvalue weighted by Crippen LogP contribution is -2.49. The Labute approximate surface area is 176 Å². The van der Waals surface area contributed by atoms with Crippen molar-refractivity contribution in [1.82, 2.24) is 24.6 Å². The number of carbonyl (C=O) groups is 1. The molecule has 7 nitrogen and oxygen atoms in total. The third-order valence-corrected chi connectivity index (χ3v) is 6.34. The monoisotopic (exact) mass is 404 g/mol. The SMILES string of the molecule is Cc1nn(C)c2ncc(CN3CCN(CC(=O)N4CCc5ccccc54)CC3)cc12. The smallest absolute Gasteiger partial charge is 0.241 e. The number of nitrogens with zero attached hydrogens (tertiary/aromatic N) is 6. The van der Waals surface area contributed by atoms with Gasteiger partial charge in [0.15, 0.2) is 5.65 Å².